The highest BCUT2D eigenvalue weighted by atomic mass is 35.5. The predicted octanol–water partition coefficient (Wildman–Crippen LogP) is 3.99. The Labute approximate surface area is 106 Å². The largest absolute Gasteiger partial charge is 0.483 e. The minimum atomic E-state index is -0.423. The highest BCUT2D eigenvalue weighted by Gasteiger charge is 2.22. The van der Waals surface area contributed by atoms with Crippen LogP contribution >= 0.6 is 23.2 Å². The summed E-state index contributed by atoms with van der Waals surface area (Å²) in [5.41, 5.74) is -0.423. The van der Waals surface area contributed by atoms with E-state index in [1.54, 1.807) is 18.2 Å². The number of rotatable bonds is 3. The molecular weight excluding hydrogens is 247 g/mol. The Morgan fingerprint density at radius 1 is 1.25 bits per heavy atom. The average molecular weight is 261 g/mol. The molecule has 0 heterocycles. The Kier molecular flexibility index (Phi) is 4.22. The Hall–Kier alpha value is -0.730. The summed E-state index contributed by atoms with van der Waals surface area (Å²) in [5, 5.41) is 0.823. The maximum atomic E-state index is 11.6. The summed E-state index contributed by atoms with van der Waals surface area (Å²) in [6.07, 6.45) is 0. The molecule has 0 unspecified atom stereocenters. The molecule has 2 nitrogen and oxygen atoms in total. The second kappa shape index (κ2) is 5.07. The summed E-state index contributed by atoms with van der Waals surface area (Å²) in [5.74, 6) is 0.368. The van der Waals surface area contributed by atoms with Crippen molar-refractivity contribution in [1.82, 2.24) is 0 Å². The van der Waals surface area contributed by atoms with Crippen LogP contribution in [0.2, 0.25) is 10.0 Å². The first-order valence-electron chi connectivity index (χ1n) is 4.92. The van der Waals surface area contributed by atoms with Crippen LogP contribution in [0.5, 0.6) is 5.75 Å². The summed E-state index contributed by atoms with van der Waals surface area (Å²) < 4.78 is 5.34. The molecule has 0 aliphatic rings. The van der Waals surface area contributed by atoms with Crippen molar-refractivity contribution in [3.8, 4) is 5.75 Å². The van der Waals surface area contributed by atoms with Crippen molar-refractivity contribution >= 4 is 29.0 Å². The van der Waals surface area contributed by atoms with Crippen molar-refractivity contribution in [2.24, 2.45) is 5.41 Å². The van der Waals surface area contributed by atoms with Crippen molar-refractivity contribution in [3.05, 3.63) is 28.2 Å². The summed E-state index contributed by atoms with van der Waals surface area (Å²) in [4.78, 5) is 11.6. The molecule has 88 valence electrons. The molecule has 0 saturated heterocycles. The Balaban J connectivity index is 2.73. The minimum Gasteiger partial charge on any atom is -0.483 e. The lowest BCUT2D eigenvalue weighted by Gasteiger charge is -2.17. The molecule has 0 aliphatic heterocycles. The summed E-state index contributed by atoms with van der Waals surface area (Å²) in [6.45, 7) is 5.50. The molecule has 1 aromatic rings. The first kappa shape index (κ1) is 13.3. The van der Waals surface area contributed by atoms with Gasteiger partial charge in [0.05, 0.1) is 10.0 Å². The van der Waals surface area contributed by atoms with Crippen LogP contribution in [0.15, 0.2) is 18.2 Å². The fourth-order valence-electron chi connectivity index (χ4n) is 0.975. The zero-order valence-electron chi connectivity index (χ0n) is 9.51. The number of ketones is 1. The fraction of sp³-hybridized carbons (Fsp3) is 0.417. The number of halogens is 2. The van der Waals surface area contributed by atoms with Gasteiger partial charge in [-0.2, -0.15) is 0 Å². The van der Waals surface area contributed by atoms with E-state index in [-0.39, 0.29) is 12.4 Å². The highest BCUT2D eigenvalue weighted by Crippen LogP contribution is 2.32. The SMILES string of the molecule is CC(C)(C)C(=O)COc1c(Cl)cccc1Cl. The second-order valence-corrected chi connectivity index (χ2v) is 5.33. The van der Waals surface area contributed by atoms with Gasteiger partial charge in [-0.25, -0.2) is 0 Å². The van der Waals surface area contributed by atoms with Crippen molar-refractivity contribution < 1.29 is 9.53 Å². The third-order valence-corrected chi connectivity index (χ3v) is 2.70. The van der Waals surface area contributed by atoms with Crippen molar-refractivity contribution in [1.29, 1.82) is 0 Å². The minimum absolute atomic E-state index is 0.00323. The fourth-order valence-corrected chi connectivity index (χ4v) is 1.48. The molecule has 0 saturated carbocycles. The van der Waals surface area contributed by atoms with Gasteiger partial charge in [-0.15, -0.1) is 0 Å². The Bertz CT molecular complexity index is 374. The van der Waals surface area contributed by atoms with Gasteiger partial charge in [-0.1, -0.05) is 50.0 Å². The van der Waals surface area contributed by atoms with E-state index >= 15 is 0 Å². The molecule has 0 aromatic heterocycles. The molecule has 0 amide bonds. The van der Waals surface area contributed by atoms with Crippen molar-refractivity contribution in [3.63, 3.8) is 0 Å². The van der Waals surface area contributed by atoms with E-state index in [0.717, 1.165) is 0 Å². The standard InChI is InChI=1S/C12H14Cl2O2/c1-12(2,3)10(15)7-16-11-8(13)5-4-6-9(11)14/h4-6H,7H2,1-3H3. The molecule has 0 spiro atoms. The normalized spacial score (nSPS) is 11.3. The lowest BCUT2D eigenvalue weighted by atomic mass is 9.91. The molecule has 0 bridgehead atoms. The highest BCUT2D eigenvalue weighted by molar-refractivity contribution is 6.37. The molecule has 0 radical (unpaired) electrons. The quantitative estimate of drug-likeness (QED) is 0.822. The number of benzene rings is 1. The Morgan fingerprint density at radius 2 is 1.75 bits per heavy atom. The number of carbonyl (C=O) groups is 1. The molecule has 1 aromatic carbocycles. The number of hydrogen-bond acceptors (Lipinski definition) is 2. The number of carbonyl (C=O) groups excluding carboxylic acids is 1. The third-order valence-electron chi connectivity index (χ3n) is 2.10. The van der Waals surface area contributed by atoms with Crippen LogP contribution in [0.25, 0.3) is 0 Å². The predicted molar refractivity (Wildman–Crippen MR) is 66.4 cm³/mol. The van der Waals surface area contributed by atoms with Crippen LogP contribution in [-0.2, 0) is 4.79 Å². The van der Waals surface area contributed by atoms with Crippen LogP contribution in [0.3, 0.4) is 0 Å². The van der Waals surface area contributed by atoms with E-state index in [4.69, 9.17) is 27.9 Å². The topological polar surface area (TPSA) is 26.3 Å². The Morgan fingerprint density at radius 3 is 2.19 bits per heavy atom. The van der Waals surface area contributed by atoms with Gasteiger partial charge >= 0.3 is 0 Å². The molecule has 16 heavy (non-hydrogen) atoms. The average Bonchev–Trinajstić information content (AvgIpc) is 2.15. The molecule has 0 fully saturated rings. The monoisotopic (exact) mass is 260 g/mol. The van der Waals surface area contributed by atoms with Crippen LogP contribution in [-0.4, -0.2) is 12.4 Å². The van der Waals surface area contributed by atoms with E-state index in [2.05, 4.69) is 0 Å². The van der Waals surface area contributed by atoms with Gasteiger partial charge in [0.1, 0.15) is 6.61 Å². The van der Waals surface area contributed by atoms with Gasteiger partial charge in [-0.3, -0.25) is 4.79 Å². The van der Waals surface area contributed by atoms with Crippen LogP contribution in [0.4, 0.5) is 0 Å². The molecule has 1 rings (SSSR count). The maximum absolute atomic E-state index is 11.6. The molecule has 4 heteroatoms. The van der Waals surface area contributed by atoms with Crippen molar-refractivity contribution in [2.45, 2.75) is 20.8 Å². The van der Waals surface area contributed by atoms with E-state index in [1.807, 2.05) is 20.8 Å². The molecule has 0 aliphatic carbocycles. The van der Waals surface area contributed by atoms with Gasteiger partial charge in [0, 0.05) is 5.41 Å². The van der Waals surface area contributed by atoms with Gasteiger partial charge in [-0.05, 0) is 12.1 Å². The number of ether oxygens (including phenoxy) is 1. The zero-order valence-corrected chi connectivity index (χ0v) is 11.0. The third kappa shape index (κ3) is 3.39. The van der Waals surface area contributed by atoms with Gasteiger partial charge in [0.2, 0.25) is 0 Å². The first-order chi connectivity index (χ1) is 7.32. The zero-order chi connectivity index (χ0) is 12.3. The van der Waals surface area contributed by atoms with Crippen LogP contribution in [0, 0.1) is 5.41 Å². The van der Waals surface area contributed by atoms with E-state index in [9.17, 15) is 4.79 Å². The number of hydrogen-bond donors (Lipinski definition) is 0. The van der Waals surface area contributed by atoms with E-state index < -0.39 is 5.41 Å². The van der Waals surface area contributed by atoms with Crippen LogP contribution < -0.4 is 4.74 Å². The van der Waals surface area contributed by atoms with Gasteiger partial charge in [0.15, 0.2) is 11.5 Å². The molecule has 0 atom stereocenters. The van der Waals surface area contributed by atoms with E-state index in [0.29, 0.717) is 15.8 Å². The van der Waals surface area contributed by atoms with Gasteiger partial charge < -0.3 is 4.74 Å². The summed E-state index contributed by atoms with van der Waals surface area (Å²) in [7, 11) is 0. The first-order valence-corrected chi connectivity index (χ1v) is 5.68. The molecule has 0 N–H and O–H groups in total. The lowest BCUT2D eigenvalue weighted by molar-refractivity contribution is -0.128. The van der Waals surface area contributed by atoms with Gasteiger partial charge in [0.25, 0.3) is 0 Å². The summed E-state index contributed by atoms with van der Waals surface area (Å²) in [6, 6.07) is 5.07. The molecular formula is C12H14Cl2O2. The van der Waals surface area contributed by atoms with E-state index in [1.165, 1.54) is 0 Å². The lowest BCUT2D eigenvalue weighted by Crippen LogP contribution is -2.26. The van der Waals surface area contributed by atoms with Crippen molar-refractivity contribution in [2.75, 3.05) is 6.61 Å². The smallest absolute Gasteiger partial charge is 0.175 e. The summed E-state index contributed by atoms with van der Waals surface area (Å²) >= 11 is 11.8. The number of Topliss-reactive ketones (excluding diaryl/α,β-unsaturated/α-hetero) is 1. The number of para-hydroxylation sites is 1. The van der Waals surface area contributed by atoms with Crippen LogP contribution in [0.1, 0.15) is 20.8 Å². The maximum Gasteiger partial charge on any atom is 0.175 e. The second-order valence-electron chi connectivity index (χ2n) is 4.51.